The first-order valence-electron chi connectivity index (χ1n) is 7.70. The zero-order valence-electron chi connectivity index (χ0n) is 12.3. The summed E-state index contributed by atoms with van der Waals surface area (Å²) in [5.74, 6) is -0.243. The molecule has 0 spiro atoms. The Hall–Kier alpha value is -2.15. The lowest BCUT2D eigenvalue weighted by Crippen LogP contribution is -2.42. The topological polar surface area (TPSA) is 96.3 Å². The number of carbonyl (C=O) groups excluding carboxylic acids is 1. The maximum atomic E-state index is 12.3. The Balaban J connectivity index is 1.73. The predicted octanol–water partition coefficient (Wildman–Crippen LogP) is 1.65. The molecule has 1 saturated carbocycles. The normalized spacial score (nSPS) is 18.7. The van der Waals surface area contributed by atoms with Crippen LogP contribution in [0.5, 0.6) is 0 Å². The number of nitrogens with one attached hydrogen (secondary N) is 3. The summed E-state index contributed by atoms with van der Waals surface area (Å²) in [4.78, 5) is 23.0. The molecule has 118 valence electrons. The van der Waals surface area contributed by atoms with Gasteiger partial charge < -0.3 is 16.0 Å². The molecular weight excluding hydrogens is 284 g/mol. The van der Waals surface area contributed by atoms with Gasteiger partial charge in [-0.1, -0.05) is 0 Å². The molecule has 0 bridgehead atoms. The molecule has 0 unspecified atom stereocenters. The molecule has 1 amide bonds. The Morgan fingerprint density at radius 2 is 1.91 bits per heavy atom. The van der Waals surface area contributed by atoms with E-state index >= 15 is 0 Å². The van der Waals surface area contributed by atoms with Gasteiger partial charge in [-0.15, -0.1) is 0 Å². The quantitative estimate of drug-likeness (QED) is 0.568. The van der Waals surface area contributed by atoms with E-state index in [9.17, 15) is 14.9 Å². The largest absolute Gasteiger partial charge is 0.377 e. The van der Waals surface area contributed by atoms with Crippen LogP contribution in [0.25, 0.3) is 0 Å². The lowest BCUT2D eigenvalue weighted by molar-refractivity contribution is -0.384. The van der Waals surface area contributed by atoms with Crippen molar-refractivity contribution in [3.05, 3.63) is 33.9 Å². The summed E-state index contributed by atoms with van der Waals surface area (Å²) < 4.78 is 0. The third-order valence-corrected chi connectivity index (χ3v) is 4.07. The first kappa shape index (κ1) is 14.8. The highest BCUT2D eigenvalue weighted by Crippen LogP contribution is 2.31. The molecule has 1 heterocycles. The SMILES string of the molecule is O=C(NC1CCNCC1)c1ccc(NC2CC2)c([N+](=O)[O-])c1. The lowest BCUT2D eigenvalue weighted by Gasteiger charge is -2.23. The van der Waals surface area contributed by atoms with Crippen molar-refractivity contribution in [2.45, 2.75) is 37.8 Å². The minimum absolute atomic E-state index is 0.0372. The van der Waals surface area contributed by atoms with Crippen molar-refractivity contribution in [3.63, 3.8) is 0 Å². The fourth-order valence-corrected chi connectivity index (χ4v) is 2.63. The third kappa shape index (κ3) is 3.54. The molecule has 0 radical (unpaired) electrons. The number of nitro groups is 1. The second kappa shape index (κ2) is 6.31. The fraction of sp³-hybridized carbons (Fsp3) is 0.533. The third-order valence-electron chi connectivity index (χ3n) is 4.07. The van der Waals surface area contributed by atoms with Gasteiger partial charge in [-0.05, 0) is 50.9 Å². The van der Waals surface area contributed by atoms with Gasteiger partial charge in [0.25, 0.3) is 11.6 Å². The second-order valence-electron chi connectivity index (χ2n) is 5.91. The van der Waals surface area contributed by atoms with Gasteiger partial charge in [0.15, 0.2) is 0 Å². The van der Waals surface area contributed by atoms with E-state index in [-0.39, 0.29) is 17.6 Å². The second-order valence-corrected chi connectivity index (χ2v) is 5.91. The minimum Gasteiger partial charge on any atom is -0.377 e. The average Bonchev–Trinajstić information content (AvgIpc) is 3.32. The smallest absolute Gasteiger partial charge is 0.293 e. The van der Waals surface area contributed by atoms with Crippen molar-refractivity contribution in [1.82, 2.24) is 10.6 Å². The van der Waals surface area contributed by atoms with Crippen molar-refractivity contribution < 1.29 is 9.72 Å². The van der Waals surface area contributed by atoms with Crippen molar-refractivity contribution in [2.75, 3.05) is 18.4 Å². The van der Waals surface area contributed by atoms with Crippen LogP contribution in [0.3, 0.4) is 0 Å². The van der Waals surface area contributed by atoms with E-state index < -0.39 is 4.92 Å². The van der Waals surface area contributed by atoms with Crippen molar-refractivity contribution in [1.29, 1.82) is 0 Å². The Morgan fingerprint density at radius 1 is 1.18 bits per heavy atom. The van der Waals surface area contributed by atoms with Crippen LogP contribution < -0.4 is 16.0 Å². The first-order valence-corrected chi connectivity index (χ1v) is 7.70. The molecule has 1 saturated heterocycles. The molecule has 1 aliphatic carbocycles. The van der Waals surface area contributed by atoms with Crippen LogP contribution in [0.15, 0.2) is 18.2 Å². The monoisotopic (exact) mass is 304 g/mol. The highest BCUT2D eigenvalue weighted by molar-refractivity contribution is 5.96. The summed E-state index contributed by atoms with van der Waals surface area (Å²) in [6, 6.07) is 5.11. The lowest BCUT2D eigenvalue weighted by atomic mass is 10.1. The van der Waals surface area contributed by atoms with E-state index in [0.29, 0.717) is 17.3 Å². The molecule has 3 rings (SSSR count). The molecule has 22 heavy (non-hydrogen) atoms. The number of nitro benzene ring substituents is 1. The van der Waals surface area contributed by atoms with Crippen molar-refractivity contribution in [3.8, 4) is 0 Å². The Bertz CT molecular complexity index is 580. The molecule has 1 aromatic carbocycles. The molecule has 1 aromatic rings. The number of rotatable bonds is 5. The van der Waals surface area contributed by atoms with Gasteiger partial charge in [-0.25, -0.2) is 0 Å². The van der Waals surface area contributed by atoms with Crippen molar-refractivity contribution in [2.24, 2.45) is 0 Å². The van der Waals surface area contributed by atoms with Gasteiger partial charge in [-0.3, -0.25) is 14.9 Å². The van der Waals surface area contributed by atoms with Crippen LogP contribution in [-0.4, -0.2) is 36.0 Å². The molecule has 2 aliphatic rings. The van der Waals surface area contributed by atoms with E-state index in [4.69, 9.17) is 0 Å². The zero-order valence-corrected chi connectivity index (χ0v) is 12.3. The van der Waals surface area contributed by atoms with Crippen LogP contribution in [0.4, 0.5) is 11.4 Å². The summed E-state index contributed by atoms with van der Waals surface area (Å²) in [5, 5.41) is 20.5. The maximum absolute atomic E-state index is 12.3. The molecule has 0 atom stereocenters. The average molecular weight is 304 g/mol. The van der Waals surface area contributed by atoms with Crippen LogP contribution in [0, 0.1) is 10.1 Å². The zero-order chi connectivity index (χ0) is 15.5. The van der Waals surface area contributed by atoms with Crippen LogP contribution in [0.2, 0.25) is 0 Å². The van der Waals surface area contributed by atoms with Gasteiger partial charge in [0, 0.05) is 23.7 Å². The first-order chi connectivity index (χ1) is 10.6. The van der Waals surface area contributed by atoms with Gasteiger partial charge in [0.2, 0.25) is 0 Å². The van der Waals surface area contributed by atoms with Crippen LogP contribution in [-0.2, 0) is 0 Å². The van der Waals surface area contributed by atoms with Gasteiger partial charge in [0.05, 0.1) is 4.92 Å². The summed E-state index contributed by atoms with van der Waals surface area (Å²) in [5.41, 5.74) is 0.794. The number of piperidine rings is 1. The number of benzene rings is 1. The highest BCUT2D eigenvalue weighted by atomic mass is 16.6. The summed E-state index contributed by atoms with van der Waals surface area (Å²) in [6.45, 7) is 1.77. The van der Waals surface area contributed by atoms with E-state index in [0.717, 1.165) is 38.8 Å². The summed E-state index contributed by atoms with van der Waals surface area (Å²) in [7, 11) is 0. The van der Waals surface area contributed by atoms with E-state index in [1.54, 1.807) is 12.1 Å². The number of anilines is 1. The number of carbonyl (C=O) groups is 1. The minimum atomic E-state index is -0.438. The maximum Gasteiger partial charge on any atom is 0.293 e. The molecule has 0 aromatic heterocycles. The molecule has 3 N–H and O–H groups in total. The van der Waals surface area contributed by atoms with Crippen LogP contribution in [0.1, 0.15) is 36.0 Å². The Kier molecular flexibility index (Phi) is 4.24. The standard InChI is InChI=1S/C15H20N4O3/c20-15(18-12-5-7-16-8-6-12)10-1-4-13(17-11-2-3-11)14(9-10)19(21)22/h1,4,9,11-12,16-17H,2-3,5-8H2,(H,18,20). The number of hydrogen-bond donors (Lipinski definition) is 3. The van der Waals surface area contributed by atoms with Gasteiger partial charge in [-0.2, -0.15) is 0 Å². The number of hydrogen-bond acceptors (Lipinski definition) is 5. The summed E-state index contributed by atoms with van der Waals surface area (Å²) in [6.07, 6.45) is 3.84. The summed E-state index contributed by atoms with van der Waals surface area (Å²) >= 11 is 0. The number of amides is 1. The molecular formula is C15H20N4O3. The molecule has 7 heteroatoms. The molecule has 2 fully saturated rings. The van der Waals surface area contributed by atoms with Crippen molar-refractivity contribution >= 4 is 17.3 Å². The highest BCUT2D eigenvalue weighted by Gasteiger charge is 2.26. The van der Waals surface area contributed by atoms with E-state index in [2.05, 4.69) is 16.0 Å². The molecule has 1 aliphatic heterocycles. The van der Waals surface area contributed by atoms with Crippen LogP contribution >= 0.6 is 0 Å². The number of nitrogens with zero attached hydrogens (tertiary/aromatic N) is 1. The molecule has 7 nitrogen and oxygen atoms in total. The fourth-order valence-electron chi connectivity index (χ4n) is 2.63. The van der Waals surface area contributed by atoms with Gasteiger partial charge in [0.1, 0.15) is 5.69 Å². The Labute approximate surface area is 128 Å². The van der Waals surface area contributed by atoms with Gasteiger partial charge >= 0.3 is 0 Å². The van der Waals surface area contributed by atoms with E-state index in [1.807, 2.05) is 0 Å². The Morgan fingerprint density at radius 3 is 2.55 bits per heavy atom. The predicted molar refractivity (Wildman–Crippen MR) is 83.1 cm³/mol. The van der Waals surface area contributed by atoms with E-state index in [1.165, 1.54) is 6.07 Å².